The fourth-order valence-electron chi connectivity index (χ4n) is 4.64. The van der Waals surface area contributed by atoms with E-state index in [1.54, 1.807) is 22.8 Å². The quantitative estimate of drug-likeness (QED) is 0.408. The van der Waals surface area contributed by atoms with Gasteiger partial charge in [0, 0.05) is 18.7 Å². The van der Waals surface area contributed by atoms with Gasteiger partial charge in [0.15, 0.2) is 0 Å². The lowest BCUT2D eigenvalue weighted by molar-refractivity contribution is -0.133. The van der Waals surface area contributed by atoms with Crippen LogP contribution in [0.1, 0.15) is 34.1 Å². The van der Waals surface area contributed by atoms with Crippen LogP contribution in [0.3, 0.4) is 0 Å². The predicted octanol–water partition coefficient (Wildman–Crippen LogP) is 4.60. The molecular weight excluding hydrogens is 464 g/mol. The van der Waals surface area contributed by atoms with Crippen molar-refractivity contribution in [2.75, 3.05) is 7.11 Å². The molecule has 188 valence electrons. The van der Waals surface area contributed by atoms with Crippen molar-refractivity contribution in [2.45, 2.75) is 39.0 Å². The Morgan fingerprint density at radius 1 is 1.00 bits per heavy atom. The van der Waals surface area contributed by atoms with E-state index in [4.69, 9.17) is 9.84 Å². The van der Waals surface area contributed by atoms with Crippen molar-refractivity contribution >= 4 is 11.8 Å². The smallest absolute Gasteiger partial charge is 0.273 e. The normalized spacial score (nSPS) is 16.8. The van der Waals surface area contributed by atoms with Crippen molar-refractivity contribution in [2.24, 2.45) is 0 Å². The maximum Gasteiger partial charge on any atom is 0.273 e. The van der Waals surface area contributed by atoms with Gasteiger partial charge in [-0.2, -0.15) is 5.10 Å². The average Bonchev–Trinajstić information content (AvgIpc) is 3.35. The van der Waals surface area contributed by atoms with E-state index in [2.05, 4.69) is 5.32 Å². The van der Waals surface area contributed by atoms with Crippen LogP contribution in [-0.4, -0.2) is 39.1 Å². The van der Waals surface area contributed by atoms with E-state index in [0.717, 1.165) is 28.0 Å². The average molecular weight is 495 g/mol. The number of benzene rings is 3. The van der Waals surface area contributed by atoms with Crippen LogP contribution in [0.2, 0.25) is 0 Å². The molecule has 5 rings (SSSR count). The Morgan fingerprint density at radius 2 is 1.70 bits per heavy atom. The Kier molecular flexibility index (Phi) is 6.53. The number of rotatable bonds is 7. The van der Waals surface area contributed by atoms with Gasteiger partial charge >= 0.3 is 0 Å². The van der Waals surface area contributed by atoms with E-state index in [-0.39, 0.29) is 18.4 Å². The van der Waals surface area contributed by atoms with Crippen molar-refractivity contribution in [1.29, 1.82) is 0 Å². The first-order valence-corrected chi connectivity index (χ1v) is 12.3. The summed E-state index contributed by atoms with van der Waals surface area (Å²) in [6.45, 7) is 4.78. The summed E-state index contributed by atoms with van der Waals surface area (Å²) in [5.74, 6) is 0.302. The summed E-state index contributed by atoms with van der Waals surface area (Å²) in [7, 11) is 1.62. The Balaban J connectivity index is 1.49. The first-order chi connectivity index (χ1) is 17.9. The van der Waals surface area contributed by atoms with Crippen LogP contribution in [0.15, 0.2) is 84.9 Å². The molecular formula is C30H30N4O3. The van der Waals surface area contributed by atoms with Crippen molar-refractivity contribution < 1.29 is 14.3 Å². The van der Waals surface area contributed by atoms with Gasteiger partial charge in [0.05, 0.1) is 19.3 Å². The van der Waals surface area contributed by atoms with E-state index in [9.17, 15) is 9.59 Å². The molecule has 1 aromatic heterocycles. The van der Waals surface area contributed by atoms with Crippen LogP contribution < -0.4 is 10.1 Å². The summed E-state index contributed by atoms with van der Waals surface area (Å²) >= 11 is 0. The molecule has 0 fully saturated rings. The zero-order valence-electron chi connectivity index (χ0n) is 21.3. The number of aryl methyl sites for hydroxylation is 1. The Hall–Kier alpha value is -4.39. The predicted molar refractivity (Wildman–Crippen MR) is 142 cm³/mol. The minimum Gasteiger partial charge on any atom is -0.497 e. The molecule has 0 bridgehead atoms. The molecule has 1 atom stereocenters. The first-order valence-electron chi connectivity index (χ1n) is 12.3. The molecule has 0 aliphatic carbocycles. The van der Waals surface area contributed by atoms with Crippen LogP contribution in [0, 0.1) is 6.92 Å². The van der Waals surface area contributed by atoms with Crippen LogP contribution in [0.4, 0.5) is 0 Å². The largest absolute Gasteiger partial charge is 0.497 e. The van der Waals surface area contributed by atoms with Crippen LogP contribution >= 0.6 is 0 Å². The minimum absolute atomic E-state index is 0.219. The van der Waals surface area contributed by atoms with E-state index < -0.39 is 5.54 Å². The summed E-state index contributed by atoms with van der Waals surface area (Å²) in [6.07, 6.45) is 0. The molecule has 1 N–H and O–H groups in total. The van der Waals surface area contributed by atoms with Gasteiger partial charge in [-0.05, 0) is 55.3 Å². The van der Waals surface area contributed by atoms with Crippen molar-refractivity contribution in [1.82, 2.24) is 20.0 Å². The SMILES string of the molecule is COc1ccc(-c2cc3n(n2)C[C@@](C)(C(=O)NCc2ccccc2)N(Cc2ccc(C)cc2)C3=O)cc1. The van der Waals surface area contributed by atoms with Gasteiger partial charge in [0.2, 0.25) is 5.91 Å². The molecule has 3 aromatic carbocycles. The van der Waals surface area contributed by atoms with Gasteiger partial charge in [-0.1, -0.05) is 60.2 Å². The molecule has 1 aliphatic heterocycles. The second-order valence-electron chi connectivity index (χ2n) is 9.62. The van der Waals surface area contributed by atoms with E-state index in [0.29, 0.717) is 24.5 Å². The molecule has 0 saturated heterocycles. The molecule has 0 spiro atoms. The number of aromatic nitrogens is 2. The number of ether oxygens (including phenoxy) is 1. The lowest BCUT2D eigenvalue weighted by Gasteiger charge is -2.43. The van der Waals surface area contributed by atoms with E-state index in [1.807, 2.05) is 92.7 Å². The fraction of sp³-hybridized carbons (Fsp3) is 0.233. The van der Waals surface area contributed by atoms with Crippen molar-refractivity contribution in [3.8, 4) is 17.0 Å². The monoisotopic (exact) mass is 494 g/mol. The highest BCUT2D eigenvalue weighted by Gasteiger charge is 2.48. The van der Waals surface area contributed by atoms with Crippen LogP contribution in [0.25, 0.3) is 11.3 Å². The highest BCUT2D eigenvalue weighted by Crippen LogP contribution is 2.32. The highest BCUT2D eigenvalue weighted by atomic mass is 16.5. The van der Waals surface area contributed by atoms with Gasteiger partial charge in [0.1, 0.15) is 17.0 Å². The first kappa shape index (κ1) is 24.3. The summed E-state index contributed by atoms with van der Waals surface area (Å²) < 4.78 is 6.92. The Bertz CT molecular complexity index is 1410. The summed E-state index contributed by atoms with van der Waals surface area (Å²) in [5, 5.41) is 7.77. The standard InChI is InChI=1S/C30H30N4O3/c1-21-9-11-23(12-10-21)19-33-28(35)27-17-26(24-13-15-25(37-3)16-14-24)32-34(27)20-30(33,2)29(36)31-18-22-7-5-4-6-8-22/h4-17H,18-20H2,1-3H3,(H,31,36)/t30-/m0/s1. The number of hydrogen-bond acceptors (Lipinski definition) is 4. The number of nitrogens with zero attached hydrogens (tertiary/aromatic N) is 3. The molecule has 7 nitrogen and oxygen atoms in total. The summed E-state index contributed by atoms with van der Waals surface area (Å²) in [5.41, 5.74) is 3.97. The molecule has 0 radical (unpaired) electrons. The van der Waals surface area contributed by atoms with Crippen LogP contribution in [0.5, 0.6) is 5.75 Å². The molecule has 0 unspecified atom stereocenters. The van der Waals surface area contributed by atoms with Gasteiger partial charge in [0.25, 0.3) is 5.91 Å². The van der Waals surface area contributed by atoms with Gasteiger partial charge in [-0.15, -0.1) is 0 Å². The second-order valence-corrected chi connectivity index (χ2v) is 9.62. The van der Waals surface area contributed by atoms with Crippen molar-refractivity contribution in [3.05, 3.63) is 107 Å². The number of carbonyl (C=O) groups excluding carboxylic acids is 2. The lowest BCUT2D eigenvalue weighted by atomic mass is 9.93. The summed E-state index contributed by atoms with van der Waals surface area (Å²) in [4.78, 5) is 29.3. The van der Waals surface area contributed by atoms with Crippen LogP contribution in [-0.2, 0) is 24.4 Å². The molecule has 37 heavy (non-hydrogen) atoms. The topological polar surface area (TPSA) is 76.5 Å². The van der Waals surface area contributed by atoms with Crippen molar-refractivity contribution in [3.63, 3.8) is 0 Å². The summed E-state index contributed by atoms with van der Waals surface area (Å²) in [6, 6.07) is 27.1. The molecule has 2 amide bonds. The second kappa shape index (κ2) is 9.93. The zero-order valence-corrected chi connectivity index (χ0v) is 21.3. The molecule has 2 heterocycles. The van der Waals surface area contributed by atoms with E-state index >= 15 is 0 Å². The fourth-order valence-corrected chi connectivity index (χ4v) is 4.64. The Morgan fingerprint density at radius 3 is 2.38 bits per heavy atom. The number of methoxy groups -OCH3 is 1. The third-order valence-corrected chi connectivity index (χ3v) is 6.93. The highest BCUT2D eigenvalue weighted by molar-refractivity contribution is 6.00. The molecule has 4 aromatic rings. The number of amides is 2. The maximum absolute atomic E-state index is 13.9. The molecule has 7 heteroatoms. The zero-order chi connectivity index (χ0) is 26.0. The lowest BCUT2D eigenvalue weighted by Crippen LogP contribution is -2.63. The van der Waals surface area contributed by atoms with E-state index in [1.165, 1.54) is 0 Å². The molecule has 1 aliphatic rings. The van der Waals surface area contributed by atoms with Gasteiger partial charge in [-0.3, -0.25) is 14.3 Å². The number of fused-ring (bicyclic) bond motifs is 1. The number of carbonyl (C=O) groups is 2. The molecule has 0 saturated carbocycles. The minimum atomic E-state index is -1.13. The number of nitrogens with one attached hydrogen (secondary N) is 1. The third-order valence-electron chi connectivity index (χ3n) is 6.93. The maximum atomic E-state index is 13.9. The number of hydrogen-bond donors (Lipinski definition) is 1. The van der Waals surface area contributed by atoms with Gasteiger partial charge in [-0.25, -0.2) is 0 Å². The van der Waals surface area contributed by atoms with Gasteiger partial charge < -0.3 is 15.0 Å². The Labute approximate surface area is 216 Å². The third kappa shape index (κ3) is 4.85.